The van der Waals surface area contributed by atoms with Crippen LogP contribution in [0.3, 0.4) is 0 Å². The van der Waals surface area contributed by atoms with E-state index >= 15 is 0 Å². The number of nitrogens with two attached hydrogens (primary N) is 1. The number of halogens is 1. The standard InChI is InChI=1S/C17H19ClN2O/c18-15-10-14(6-5-12(15)2-1-7-19)17(21)20-16-9-11-3-4-13(16)8-11/h5-6,10-11,13,16H,3-4,7-9,19H2,(H,20,21). The monoisotopic (exact) mass is 302 g/mol. The van der Waals surface area contributed by atoms with E-state index in [1.807, 2.05) is 0 Å². The minimum atomic E-state index is -0.0345. The summed E-state index contributed by atoms with van der Waals surface area (Å²) in [5.74, 6) is 7.11. The average Bonchev–Trinajstić information content (AvgIpc) is 3.08. The maximum atomic E-state index is 12.3. The Hall–Kier alpha value is -1.50. The lowest BCUT2D eigenvalue weighted by atomic mass is 9.95. The molecule has 2 aliphatic rings. The summed E-state index contributed by atoms with van der Waals surface area (Å²) in [6.07, 6.45) is 4.99. The molecule has 21 heavy (non-hydrogen) atoms. The number of fused-ring (bicyclic) bond motifs is 2. The average molecular weight is 303 g/mol. The van der Waals surface area contributed by atoms with Gasteiger partial charge in [-0.2, -0.15) is 0 Å². The molecule has 3 nitrogen and oxygen atoms in total. The van der Waals surface area contributed by atoms with Gasteiger partial charge in [-0.25, -0.2) is 0 Å². The number of benzene rings is 1. The molecule has 110 valence electrons. The predicted octanol–water partition coefficient (Wildman–Crippen LogP) is 2.57. The first kappa shape index (κ1) is 14.4. The van der Waals surface area contributed by atoms with E-state index in [1.54, 1.807) is 18.2 Å². The van der Waals surface area contributed by atoms with Crippen molar-refractivity contribution in [3.8, 4) is 11.8 Å². The fraction of sp³-hybridized carbons (Fsp3) is 0.471. The molecule has 0 saturated heterocycles. The predicted molar refractivity (Wildman–Crippen MR) is 84.1 cm³/mol. The van der Waals surface area contributed by atoms with Crippen LogP contribution >= 0.6 is 11.6 Å². The number of nitrogens with one attached hydrogen (secondary N) is 1. The van der Waals surface area contributed by atoms with Gasteiger partial charge in [0, 0.05) is 17.2 Å². The van der Waals surface area contributed by atoms with E-state index in [4.69, 9.17) is 17.3 Å². The third-order valence-corrected chi connectivity index (χ3v) is 4.92. The molecule has 2 aliphatic carbocycles. The highest BCUT2D eigenvalue weighted by molar-refractivity contribution is 6.32. The van der Waals surface area contributed by atoms with Crippen LogP contribution in [0.2, 0.25) is 5.02 Å². The first-order valence-electron chi connectivity index (χ1n) is 7.46. The van der Waals surface area contributed by atoms with Crippen LogP contribution in [0.4, 0.5) is 0 Å². The van der Waals surface area contributed by atoms with Crippen molar-refractivity contribution in [1.82, 2.24) is 5.32 Å². The zero-order chi connectivity index (χ0) is 14.8. The lowest BCUT2D eigenvalue weighted by molar-refractivity contribution is 0.0923. The fourth-order valence-corrected chi connectivity index (χ4v) is 3.80. The van der Waals surface area contributed by atoms with E-state index in [0.717, 1.165) is 12.3 Å². The summed E-state index contributed by atoms with van der Waals surface area (Å²) in [5, 5.41) is 3.66. The van der Waals surface area contributed by atoms with E-state index in [0.29, 0.717) is 34.7 Å². The van der Waals surface area contributed by atoms with Crippen molar-refractivity contribution in [1.29, 1.82) is 0 Å². The van der Waals surface area contributed by atoms with Crippen molar-refractivity contribution in [2.45, 2.75) is 31.7 Å². The normalized spacial score (nSPS) is 26.3. The summed E-state index contributed by atoms with van der Waals surface area (Å²) in [6.45, 7) is 0.294. The first-order valence-corrected chi connectivity index (χ1v) is 7.84. The van der Waals surface area contributed by atoms with Crippen LogP contribution in [0.25, 0.3) is 0 Å². The van der Waals surface area contributed by atoms with Gasteiger partial charge in [0.2, 0.25) is 0 Å². The van der Waals surface area contributed by atoms with Gasteiger partial charge in [-0.15, -0.1) is 0 Å². The first-order chi connectivity index (χ1) is 10.2. The minimum absolute atomic E-state index is 0.0345. The third kappa shape index (κ3) is 3.07. The smallest absolute Gasteiger partial charge is 0.251 e. The molecule has 3 atom stereocenters. The molecule has 3 N–H and O–H groups in total. The number of hydrogen-bond acceptors (Lipinski definition) is 2. The fourth-order valence-electron chi connectivity index (χ4n) is 3.58. The summed E-state index contributed by atoms with van der Waals surface area (Å²) in [5.41, 5.74) is 6.65. The van der Waals surface area contributed by atoms with Gasteiger partial charge in [0.1, 0.15) is 0 Å². The lowest BCUT2D eigenvalue weighted by Crippen LogP contribution is -2.38. The third-order valence-electron chi connectivity index (χ3n) is 4.61. The van der Waals surface area contributed by atoms with Crippen molar-refractivity contribution in [3.63, 3.8) is 0 Å². The van der Waals surface area contributed by atoms with E-state index in [-0.39, 0.29) is 5.91 Å². The second kappa shape index (κ2) is 6.09. The van der Waals surface area contributed by atoms with E-state index in [1.165, 1.54) is 19.3 Å². The molecule has 1 aromatic rings. The van der Waals surface area contributed by atoms with Crippen LogP contribution in [0, 0.1) is 23.7 Å². The highest BCUT2D eigenvalue weighted by atomic mass is 35.5. The molecule has 3 unspecified atom stereocenters. The number of rotatable bonds is 2. The second-order valence-corrected chi connectivity index (χ2v) is 6.36. The SMILES string of the molecule is NCC#Cc1ccc(C(=O)NC2CC3CCC2C3)cc1Cl. The molecule has 0 radical (unpaired) electrons. The van der Waals surface area contributed by atoms with Gasteiger partial charge in [-0.05, 0) is 49.3 Å². The summed E-state index contributed by atoms with van der Waals surface area (Å²) < 4.78 is 0. The zero-order valence-electron chi connectivity index (χ0n) is 11.9. The van der Waals surface area contributed by atoms with Gasteiger partial charge >= 0.3 is 0 Å². The van der Waals surface area contributed by atoms with Crippen LogP contribution in [-0.2, 0) is 0 Å². The number of carbonyl (C=O) groups excluding carboxylic acids is 1. The van der Waals surface area contributed by atoms with E-state index in [9.17, 15) is 4.79 Å². The molecule has 2 fully saturated rings. The Labute approximate surface area is 130 Å². The molecule has 0 aromatic heterocycles. The summed E-state index contributed by atoms with van der Waals surface area (Å²) in [6, 6.07) is 5.58. The van der Waals surface area contributed by atoms with Crippen LogP contribution in [0.1, 0.15) is 41.6 Å². The Kier molecular flexibility index (Phi) is 4.19. The maximum Gasteiger partial charge on any atom is 0.251 e. The number of carbonyl (C=O) groups is 1. The maximum absolute atomic E-state index is 12.3. The Bertz CT molecular complexity index is 617. The number of amides is 1. The Morgan fingerprint density at radius 3 is 2.86 bits per heavy atom. The van der Waals surface area contributed by atoms with Crippen LogP contribution in [0.5, 0.6) is 0 Å². The van der Waals surface area contributed by atoms with Crippen molar-refractivity contribution in [3.05, 3.63) is 34.3 Å². The molecule has 1 amide bonds. The van der Waals surface area contributed by atoms with Gasteiger partial charge in [0.05, 0.1) is 11.6 Å². The van der Waals surface area contributed by atoms with Crippen LogP contribution in [-0.4, -0.2) is 18.5 Å². The van der Waals surface area contributed by atoms with Gasteiger partial charge < -0.3 is 11.1 Å². The highest BCUT2D eigenvalue weighted by Gasteiger charge is 2.40. The molecule has 0 aliphatic heterocycles. The van der Waals surface area contributed by atoms with Crippen LogP contribution < -0.4 is 11.1 Å². The Morgan fingerprint density at radius 2 is 2.24 bits per heavy atom. The van der Waals surface area contributed by atoms with Crippen molar-refractivity contribution in [2.24, 2.45) is 17.6 Å². The van der Waals surface area contributed by atoms with Crippen molar-refractivity contribution >= 4 is 17.5 Å². The van der Waals surface area contributed by atoms with E-state index in [2.05, 4.69) is 17.2 Å². The minimum Gasteiger partial charge on any atom is -0.349 e. The topological polar surface area (TPSA) is 55.1 Å². The molecule has 0 spiro atoms. The molecule has 3 rings (SSSR count). The molecular weight excluding hydrogens is 284 g/mol. The Morgan fingerprint density at radius 1 is 1.38 bits per heavy atom. The van der Waals surface area contributed by atoms with Gasteiger partial charge in [-0.3, -0.25) is 4.79 Å². The molecule has 2 bridgehead atoms. The molecule has 0 heterocycles. The summed E-state index contributed by atoms with van der Waals surface area (Å²) >= 11 is 6.17. The number of hydrogen-bond donors (Lipinski definition) is 2. The molecular formula is C17H19ClN2O. The van der Waals surface area contributed by atoms with Crippen molar-refractivity contribution in [2.75, 3.05) is 6.54 Å². The quantitative estimate of drug-likeness (QED) is 0.825. The Balaban J connectivity index is 1.69. The molecule has 2 saturated carbocycles. The zero-order valence-corrected chi connectivity index (χ0v) is 12.6. The van der Waals surface area contributed by atoms with Crippen LogP contribution in [0.15, 0.2) is 18.2 Å². The van der Waals surface area contributed by atoms with Gasteiger partial charge in [0.15, 0.2) is 0 Å². The van der Waals surface area contributed by atoms with Gasteiger partial charge in [-0.1, -0.05) is 29.9 Å². The van der Waals surface area contributed by atoms with Gasteiger partial charge in [0.25, 0.3) is 5.91 Å². The lowest BCUT2D eigenvalue weighted by Gasteiger charge is -2.22. The highest BCUT2D eigenvalue weighted by Crippen LogP contribution is 2.44. The van der Waals surface area contributed by atoms with E-state index < -0.39 is 0 Å². The summed E-state index contributed by atoms with van der Waals surface area (Å²) in [4.78, 5) is 12.3. The van der Waals surface area contributed by atoms with Crippen molar-refractivity contribution < 1.29 is 4.79 Å². The largest absolute Gasteiger partial charge is 0.349 e. The molecule has 4 heteroatoms. The summed E-state index contributed by atoms with van der Waals surface area (Å²) in [7, 11) is 0. The second-order valence-electron chi connectivity index (χ2n) is 5.96. The molecule has 1 aromatic carbocycles.